The van der Waals surface area contributed by atoms with Gasteiger partial charge in [0.1, 0.15) is 0 Å². The van der Waals surface area contributed by atoms with Gasteiger partial charge in [0.05, 0.1) is 12.3 Å². The highest BCUT2D eigenvalue weighted by molar-refractivity contribution is 6.00. The van der Waals surface area contributed by atoms with Gasteiger partial charge in [0.25, 0.3) is 0 Å². The fraction of sp³-hybridized carbons (Fsp3) is 0.400. The lowest BCUT2D eigenvalue weighted by atomic mass is 10.1. The Morgan fingerprint density at radius 3 is 3.00 bits per heavy atom. The molecule has 0 spiro atoms. The van der Waals surface area contributed by atoms with Crippen LogP contribution in [0.25, 0.3) is 0 Å². The normalized spacial score (nSPS) is 20.4. The van der Waals surface area contributed by atoms with Crippen molar-refractivity contribution in [2.45, 2.75) is 19.4 Å². The van der Waals surface area contributed by atoms with Crippen molar-refractivity contribution in [1.82, 2.24) is 4.98 Å². The van der Waals surface area contributed by atoms with Gasteiger partial charge in [0.2, 0.25) is 0 Å². The number of aryl methyl sites for hydroxylation is 1. The lowest BCUT2D eigenvalue weighted by molar-refractivity contribution is 0.0390. The predicted molar refractivity (Wildman–Crippen MR) is 52.1 cm³/mol. The number of aliphatic hydroxyl groups is 1. The largest absolute Gasteiger partial charge is 0.392 e. The molecule has 1 aromatic rings. The summed E-state index contributed by atoms with van der Waals surface area (Å²) in [4.78, 5) is 9.19. The summed E-state index contributed by atoms with van der Waals surface area (Å²) in [6.45, 7) is 1.94. The van der Waals surface area contributed by atoms with E-state index in [0.29, 0.717) is 6.42 Å². The van der Waals surface area contributed by atoms with Gasteiger partial charge in [0, 0.05) is 23.9 Å². The van der Waals surface area contributed by atoms with Gasteiger partial charge in [-0.2, -0.15) is 0 Å². The summed E-state index contributed by atoms with van der Waals surface area (Å²) >= 11 is 0. The van der Waals surface area contributed by atoms with Crippen molar-refractivity contribution in [3.8, 4) is 0 Å². The van der Waals surface area contributed by atoms with E-state index in [4.69, 9.17) is 9.94 Å². The molecular weight excluding hydrogens is 180 g/mol. The van der Waals surface area contributed by atoms with Gasteiger partial charge < -0.3 is 9.94 Å². The minimum absolute atomic E-state index is 0.00624. The highest BCUT2D eigenvalue weighted by Crippen LogP contribution is 2.15. The number of nitrogens with zero attached hydrogens (tertiary/aromatic N) is 2. The summed E-state index contributed by atoms with van der Waals surface area (Å²) in [5, 5.41) is 12.8. The van der Waals surface area contributed by atoms with Crippen LogP contribution in [0.15, 0.2) is 23.5 Å². The molecule has 0 saturated heterocycles. The van der Waals surface area contributed by atoms with Crippen LogP contribution < -0.4 is 0 Å². The molecule has 4 heteroatoms. The minimum atomic E-state index is -0.189. The molecular formula is C10H12N2O2. The van der Waals surface area contributed by atoms with Crippen molar-refractivity contribution in [3.05, 3.63) is 29.6 Å². The van der Waals surface area contributed by atoms with E-state index in [-0.39, 0.29) is 12.7 Å². The van der Waals surface area contributed by atoms with Crippen LogP contribution in [0.1, 0.15) is 17.7 Å². The van der Waals surface area contributed by atoms with Crippen molar-refractivity contribution in [3.63, 3.8) is 0 Å². The molecule has 0 radical (unpaired) electrons. The standard InChI is InChI=1S/C10H12N2O2/c1-7-2-3-8(5-11-7)10-4-9(6-13)14-12-10/h2-3,5,9,13H,4,6H2,1H3. The first-order chi connectivity index (χ1) is 6.79. The van der Waals surface area contributed by atoms with E-state index in [1.54, 1.807) is 6.20 Å². The maximum absolute atomic E-state index is 8.86. The lowest BCUT2D eigenvalue weighted by Crippen LogP contribution is -2.12. The van der Waals surface area contributed by atoms with E-state index in [1.807, 2.05) is 19.1 Å². The molecule has 2 rings (SSSR count). The Bertz CT molecular complexity index is 346. The van der Waals surface area contributed by atoms with Gasteiger partial charge >= 0.3 is 0 Å². The van der Waals surface area contributed by atoms with Crippen LogP contribution in [-0.2, 0) is 4.84 Å². The van der Waals surface area contributed by atoms with Crippen molar-refractivity contribution in [1.29, 1.82) is 0 Å². The fourth-order valence-corrected chi connectivity index (χ4v) is 1.34. The zero-order valence-corrected chi connectivity index (χ0v) is 7.97. The molecule has 0 bridgehead atoms. The monoisotopic (exact) mass is 192 g/mol. The first-order valence-electron chi connectivity index (χ1n) is 4.56. The van der Waals surface area contributed by atoms with E-state index in [9.17, 15) is 0 Å². The molecule has 1 aliphatic rings. The van der Waals surface area contributed by atoms with Gasteiger partial charge in [-0.25, -0.2) is 0 Å². The highest BCUT2D eigenvalue weighted by atomic mass is 16.6. The Labute approximate surface area is 82.2 Å². The number of hydrogen-bond donors (Lipinski definition) is 1. The summed E-state index contributed by atoms with van der Waals surface area (Å²) < 4.78 is 0. The first-order valence-corrected chi connectivity index (χ1v) is 4.56. The Morgan fingerprint density at radius 1 is 1.57 bits per heavy atom. The number of hydrogen-bond acceptors (Lipinski definition) is 4. The zero-order chi connectivity index (χ0) is 9.97. The Hall–Kier alpha value is -1.42. The average Bonchev–Trinajstić information content (AvgIpc) is 2.67. The Morgan fingerprint density at radius 2 is 2.43 bits per heavy atom. The van der Waals surface area contributed by atoms with Crippen molar-refractivity contribution >= 4 is 5.71 Å². The molecule has 1 N–H and O–H groups in total. The third-order valence-electron chi connectivity index (χ3n) is 2.18. The summed E-state index contributed by atoms with van der Waals surface area (Å²) in [6, 6.07) is 3.90. The van der Waals surface area contributed by atoms with Crippen LogP contribution in [-0.4, -0.2) is 28.5 Å². The van der Waals surface area contributed by atoms with Crippen LogP contribution in [0.4, 0.5) is 0 Å². The smallest absolute Gasteiger partial charge is 0.156 e. The quantitative estimate of drug-likeness (QED) is 0.756. The molecule has 0 aliphatic carbocycles. The predicted octanol–water partition coefficient (Wildman–Crippen LogP) is 0.875. The minimum Gasteiger partial charge on any atom is -0.392 e. The molecule has 1 aliphatic heterocycles. The first kappa shape index (κ1) is 9.15. The number of aromatic nitrogens is 1. The van der Waals surface area contributed by atoms with Gasteiger partial charge in [-0.15, -0.1) is 0 Å². The van der Waals surface area contributed by atoms with Crippen LogP contribution in [0.5, 0.6) is 0 Å². The maximum atomic E-state index is 8.86. The summed E-state index contributed by atoms with van der Waals surface area (Å²) in [5.74, 6) is 0. The SMILES string of the molecule is Cc1ccc(C2=NOC(CO)C2)cn1. The molecule has 1 unspecified atom stereocenters. The Balaban J connectivity index is 2.13. The van der Waals surface area contributed by atoms with Crippen LogP contribution in [0.2, 0.25) is 0 Å². The zero-order valence-electron chi connectivity index (χ0n) is 7.97. The second-order valence-electron chi connectivity index (χ2n) is 3.34. The second-order valence-corrected chi connectivity index (χ2v) is 3.34. The van der Waals surface area contributed by atoms with E-state index in [2.05, 4.69) is 10.1 Å². The van der Waals surface area contributed by atoms with E-state index in [0.717, 1.165) is 17.0 Å². The summed E-state index contributed by atoms with van der Waals surface area (Å²) in [7, 11) is 0. The summed E-state index contributed by atoms with van der Waals surface area (Å²) in [6.07, 6.45) is 2.24. The molecule has 74 valence electrons. The van der Waals surface area contributed by atoms with E-state index >= 15 is 0 Å². The number of aliphatic hydroxyl groups excluding tert-OH is 1. The molecule has 0 fully saturated rings. The second kappa shape index (κ2) is 3.75. The van der Waals surface area contributed by atoms with Gasteiger partial charge in [0.15, 0.2) is 6.10 Å². The molecule has 1 aromatic heterocycles. The number of rotatable bonds is 2. The third-order valence-corrected chi connectivity index (χ3v) is 2.18. The average molecular weight is 192 g/mol. The molecule has 2 heterocycles. The van der Waals surface area contributed by atoms with Gasteiger partial charge in [-0.1, -0.05) is 5.16 Å². The van der Waals surface area contributed by atoms with E-state index < -0.39 is 0 Å². The number of pyridine rings is 1. The lowest BCUT2D eigenvalue weighted by Gasteiger charge is -2.01. The highest BCUT2D eigenvalue weighted by Gasteiger charge is 2.21. The van der Waals surface area contributed by atoms with Crippen molar-refractivity contribution < 1.29 is 9.94 Å². The number of oxime groups is 1. The third kappa shape index (κ3) is 1.75. The van der Waals surface area contributed by atoms with Crippen LogP contribution in [0.3, 0.4) is 0 Å². The molecule has 0 saturated carbocycles. The maximum Gasteiger partial charge on any atom is 0.156 e. The molecule has 4 nitrogen and oxygen atoms in total. The molecule has 0 amide bonds. The van der Waals surface area contributed by atoms with Crippen molar-refractivity contribution in [2.24, 2.45) is 5.16 Å². The van der Waals surface area contributed by atoms with Crippen LogP contribution >= 0.6 is 0 Å². The van der Waals surface area contributed by atoms with E-state index in [1.165, 1.54) is 0 Å². The van der Waals surface area contributed by atoms with Crippen molar-refractivity contribution in [2.75, 3.05) is 6.61 Å². The van der Waals surface area contributed by atoms with Gasteiger partial charge in [-0.3, -0.25) is 4.98 Å². The summed E-state index contributed by atoms with van der Waals surface area (Å²) in [5.41, 5.74) is 2.80. The van der Waals surface area contributed by atoms with Crippen LogP contribution in [0, 0.1) is 6.92 Å². The van der Waals surface area contributed by atoms with Gasteiger partial charge in [-0.05, 0) is 19.1 Å². The fourth-order valence-electron chi connectivity index (χ4n) is 1.34. The molecule has 0 aromatic carbocycles. The Kier molecular flexibility index (Phi) is 2.45. The molecule has 1 atom stereocenters. The topological polar surface area (TPSA) is 54.7 Å². The molecule has 14 heavy (non-hydrogen) atoms.